The third-order valence-electron chi connectivity index (χ3n) is 5.51. The molecule has 31 heavy (non-hydrogen) atoms. The van der Waals surface area contributed by atoms with Gasteiger partial charge in [0.15, 0.2) is 0 Å². The summed E-state index contributed by atoms with van der Waals surface area (Å²) in [6.07, 6.45) is -0.271. The molecule has 0 saturated carbocycles. The molecule has 10 heteroatoms. The third kappa shape index (κ3) is 4.23. The van der Waals surface area contributed by atoms with E-state index in [0.717, 1.165) is 18.9 Å². The Bertz CT molecular complexity index is 1140. The number of piperidine rings is 1. The maximum Gasteiger partial charge on any atom is 0.416 e. The second-order valence-electron chi connectivity index (χ2n) is 7.59. The Morgan fingerprint density at radius 1 is 1.19 bits per heavy atom. The van der Waals surface area contributed by atoms with Crippen molar-refractivity contribution in [3.05, 3.63) is 47.9 Å². The highest BCUT2D eigenvalue weighted by Crippen LogP contribution is 2.38. The summed E-state index contributed by atoms with van der Waals surface area (Å²) in [5.41, 5.74) is 0.0551. The standard InChI is InChI=1S/C21H19F3N4O3/c22-21(23,24)13-3-4-15(18(29)9-13)19-16-10-25-6-5-14(16)17(26-27-19)8-12-2-1-7-28(11-12)20(30)31/h3-6,9-10,12,29H,1-2,7-8,11H2,(H,30,31). The molecule has 1 amide bonds. The number of halogens is 3. The van der Waals surface area contributed by atoms with Crippen molar-refractivity contribution in [2.45, 2.75) is 25.4 Å². The van der Waals surface area contributed by atoms with Crippen LogP contribution < -0.4 is 0 Å². The van der Waals surface area contributed by atoms with E-state index in [4.69, 9.17) is 0 Å². The highest BCUT2D eigenvalue weighted by atomic mass is 19.4. The second kappa shape index (κ2) is 8.01. The van der Waals surface area contributed by atoms with Gasteiger partial charge in [0.05, 0.1) is 11.3 Å². The van der Waals surface area contributed by atoms with Crippen LogP contribution in [-0.2, 0) is 12.6 Å². The Hall–Kier alpha value is -3.43. The van der Waals surface area contributed by atoms with Crippen LogP contribution in [0.4, 0.5) is 18.0 Å². The summed E-state index contributed by atoms with van der Waals surface area (Å²) >= 11 is 0. The molecule has 3 heterocycles. The van der Waals surface area contributed by atoms with Gasteiger partial charge in [-0.2, -0.15) is 18.3 Å². The molecule has 0 aliphatic carbocycles. The largest absolute Gasteiger partial charge is 0.507 e. The summed E-state index contributed by atoms with van der Waals surface area (Å²) in [7, 11) is 0. The summed E-state index contributed by atoms with van der Waals surface area (Å²) in [5.74, 6) is -0.466. The van der Waals surface area contributed by atoms with Crippen LogP contribution in [0.1, 0.15) is 24.1 Å². The fraction of sp³-hybridized carbons (Fsp3) is 0.333. The quantitative estimate of drug-likeness (QED) is 0.639. The van der Waals surface area contributed by atoms with Gasteiger partial charge in [-0.1, -0.05) is 0 Å². The van der Waals surface area contributed by atoms with E-state index in [-0.39, 0.29) is 17.2 Å². The van der Waals surface area contributed by atoms with Crippen LogP contribution >= 0.6 is 0 Å². The number of amides is 1. The Morgan fingerprint density at radius 3 is 2.71 bits per heavy atom. The topological polar surface area (TPSA) is 99.4 Å². The first-order valence-electron chi connectivity index (χ1n) is 9.71. The molecule has 1 aliphatic rings. The number of nitrogens with zero attached hydrogens (tertiary/aromatic N) is 4. The number of pyridine rings is 1. The summed E-state index contributed by atoms with van der Waals surface area (Å²) in [4.78, 5) is 16.8. The molecule has 4 rings (SSSR count). The Labute approximate surface area is 175 Å². The lowest BCUT2D eigenvalue weighted by Crippen LogP contribution is -2.39. The maximum atomic E-state index is 12.9. The molecule has 1 saturated heterocycles. The van der Waals surface area contributed by atoms with Crippen LogP contribution in [0.5, 0.6) is 5.75 Å². The molecule has 2 aromatic heterocycles. The molecule has 2 N–H and O–H groups in total. The zero-order valence-electron chi connectivity index (χ0n) is 16.3. The molecule has 7 nitrogen and oxygen atoms in total. The number of rotatable bonds is 3. The van der Waals surface area contributed by atoms with Crippen molar-refractivity contribution < 1.29 is 28.2 Å². The van der Waals surface area contributed by atoms with Gasteiger partial charge in [0.2, 0.25) is 0 Å². The number of hydrogen-bond donors (Lipinski definition) is 2. The number of phenols is 1. The number of likely N-dealkylation sites (tertiary alicyclic amines) is 1. The van der Waals surface area contributed by atoms with Crippen molar-refractivity contribution in [1.82, 2.24) is 20.1 Å². The van der Waals surface area contributed by atoms with Crippen molar-refractivity contribution in [3.63, 3.8) is 0 Å². The fourth-order valence-electron chi connectivity index (χ4n) is 3.99. The van der Waals surface area contributed by atoms with E-state index in [1.54, 1.807) is 12.3 Å². The van der Waals surface area contributed by atoms with Gasteiger partial charge >= 0.3 is 12.3 Å². The molecule has 162 valence electrons. The highest BCUT2D eigenvalue weighted by molar-refractivity contribution is 5.96. The van der Waals surface area contributed by atoms with E-state index in [0.29, 0.717) is 42.0 Å². The minimum Gasteiger partial charge on any atom is -0.507 e. The smallest absolute Gasteiger partial charge is 0.416 e. The van der Waals surface area contributed by atoms with E-state index in [2.05, 4.69) is 15.2 Å². The number of fused-ring (bicyclic) bond motifs is 1. The van der Waals surface area contributed by atoms with Crippen LogP contribution in [0.25, 0.3) is 22.0 Å². The number of carboxylic acid groups (broad SMARTS) is 1. The van der Waals surface area contributed by atoms with Crippen molar-refractivity contribution in [2.75, 3.05) is 13.1 Å². The van der Waals surface area contributed by atoms with Crippen LogP contribution in [0, 0.1) is 5.92 Å². The van der Waals surface area contributed by atoms with Crippen molar-refractivity contribution in [3.8, 4) is 17.0 Å². The first-order valence-corrected chi connectivity index (χ1v) is 9.71. The van der Waals surface area contributed by atoms with Gasteiger partial charge in [0, 0.05) is 41.8 Å². The summed E-state index contributed by atoms with van der Waals surface area (Å²) in [6.45, 7) is 0.916. The van der Waals surface area contributed by atoms with E-state index in [1.807, 2.05) is 0 Å². The first kappa shape index (κ1) is 20.8. The van der Waals surface area contributed by atoms with Gasteiger partial charge in [0.1, 0.15) is 11.4 Å². The number of hydrogen-bond acceptors (Lipinski definition) is 5. The van der Waals surface area contributed by atoms with Gasteiger partial charge in [0.25, 0.3) is 0 Å². The SMILES string of the molecule is O=C(O)N1CCCC(Cc2nnc(-c3ccc(C(F)(F)F)cc3O)c3cnccc23)C1. The minimum atomic E-state index is -4.57. The zero-order valence-corrected chi connectivity index (χ0v) is 16.3. The van der Waals surface area contributed by atoms with Crippen LogP contribution in [0.15, 0.2) is 36.7 Å². The van der Waals surface area contributed by atoms with E-state index in [1.165, 1.54) is 17.2 Å². The van der Waals surface area contributed by atoms with E-state index >= 15 is 0 Å². The number of phenolic OH excluding ortho intramolecular Hbond substituents is 1. The second-order valence-corrected chi connectivity index (χ2v) is 7.59. The van der Waals surface area contributed by atoms with Gasteiger partial charge < -0.3 is 15.1 Å². The number of alkyl halides is 3. The molecule has 0 bridgehead atoms. The van der Waals surface area contributed by atoms with E-state index < -0.39 is 23.6 Å². The Kier molecular flexibility index (Phi) is 5.38. The molecular formula is C21H19F3N4O3. The molecule has 1 unspecified atom stereocenters. The fourth-order valence-corrected chi connectivity index (χ4v) is 3.99. The Morgan fingerprint density at radius 2 is 2.00 bits per heavy atom. The molecule has 3 aromatic rings. The van der Waals surface area contributed by atoms with Crippen LogP contribution in [0.2, 0.25) is 0 Å². The highest BCUT2D eigenvalue weighted by Gasteiger charge is 2.31. The third-order valence-corrected chi connectivity index (χ3v) is 5.51. The van der Waals surface area contributed by atoms with Crippen LogP contribution in [-0.4, -0.2) is 49.5 Å². The zero-order chi connectivity index (χ0) is 22.2. The average molecular weight is 432 g/mol. The van der Waals surface area contributed by atoms with Gasteiger partial charge in [-0.05, 0) is 49.4 Å². The summed E-state index contributed by atoms with van der Waals surface area (Å²) < 4.78 is 38.8. The molecule has 1 fully saturated rings. The predicted octanol–water partition coefficient (Wildman–Crippen LogP) is 4.35. The monoisotopic (exact) mass is 432 g/mol. The average Bonchev–Trinajstić information content (AvgIpc) is 2.74. The van der Waals surface area contributed by atoms with Gasteiger partial charge in [-0.25, -0.2) is 4.79 Å². The minimum absolute atomic E-state index is 0.0841. The lowest BCUT2D eigenvalue weighted by atomic mass is 9.92. The lowest BCUT2D eigenvalue weighted by molar-refractivity contribution is -0.137. The molecule has 1 aliphatic heterocycles. The summed E-state index contributed by atoms with van der Waals surface area (Å²) in [5, 5.41) is 29.2. The van der Waals surface area contributed by atoms with Crippen molar-refractivity contribution in [1.29, 1.82) is 0 Å². The Balaban J connectivity index is 1.70. The van der Waals surface area contributed by atoms with Gasteiger partial charge in [-0.15, -0.1) is 5.10 Å². The van der Waals surface area contributed by atoms with E-state index in [9.17, 15) is 28.2 Å². The number of aromatic hydroxyl groups is 1. The normalized spacial score (nSPS) is 17.1. The van der Waals surface area contributed by atoms with Gasteiger partial charge in [-0.3, -0.25) is 4.98 Å². The maximum absolute atomic E-state index is 12.9. The van der Waals surface area contributed by atoms with Crippen LogP contribution in [0.3, 0.4) is 0 Å². The first-order chi connectivity index (χ1) is 14.7. The predicted molar refractivity (Wildman–Crippen MR) is 105 cm³/mol. The molecule has 0 radical (unpaired) electrons. The molecule has 1 atom stereocenters. The van der Waals surface area contributed by atoms with Crippen molar-refractivity contribution >= 4 is 16.9 Å². The number of aromatic nitrogens is 3. The molecular weight excluding hydrogens is 413 g/mol. The number of carbonyl (C=O) groups is 1. The van der Waals surface area contributed by atoms with Crippen molar-refractivity contribution in [2.24, 2.45) is 5.92 Å². The molecule has 1 aromatic carbocycles. The number of benzene rings is 1. The lowest BCUT2D eigenvalue weighted by Gasteiger charge is -2.30. The summed E-state index contributed by atoms with van der Waals surface area (Å²) in [6, 6.07) is 4.45. The molecule has 0 spiro atoms.